The van der Waals surface area contributed by atoms with Crippen LogP contribution in [0.4, 0.5) is 0 Å². The molecule has 0 aliphatic heterocycles. The van der Waals surface area contributed by atoms with Crippen LogP contribution in [0.1, 0.15) is 25.3 Å². The van der Waals surface area contributed by atoms with Gasteiger partial charge in [-0.05, 0) is 19.3 Å². The number of hydrogen-bond donors (Lipinski definition) is 1. The van der Waals surface area contributed by atoms with Gasteiger partial charge in [0, 0.05) is 30.7 Å². The van der Waals surface area contributed by atoms with Gasteiger partial charge in [-0.1, -0.05) is 11.8 Å². The molecule has 0 unspecified atom stereocenters. The van der Waals surface area contributed by atoms with Gasteiger partial charge in [0.15, 0.2) is 5.16 Å². The number of aliphatic hydroxyl groups is 1. The molecule has 1 aromatic heterocycles. The Kier molecular flexibility index (Phi) is 3.43. The zero-order valence-corrected chi connectivity index (χ0v) is 9.24. The number of aliphatic hydroxyl groups excluding tert-OH is 1. The van der Waals surface area contributed by atoms with Gasteiger partial charge in [-0.15, -0.1) is 0 Å². The van der Waals surface area contributed by atoms with Crippen LogP contribution < -0.4 is 5.56 Å². The maximum absolute atomic E-state index is 11.1. The molecule has 15 heavy (non-hydrogen) atoms. The van der Waals surface area contributed by atoms with Crippen molar-refractivity contribution in [3.63, 3.8) is 0 Å². The zero-order valence-electron chi connectivity index (χ0n) is 8.43. The highest BCUT2D eigenvalue weighted by Gasteiger charge is 2.25. The third-order valence-electron chi connectivity index (χ3n) is 2.28. The molecule has 1 aliphatic carbocycles. The van der Waals surface area contributed by atoms with Gasteiger partial charge in [0.1, 0.15) is 0 Å². The second-order valence-electron chi connectivity index (χ2n) is 3.61. The first-order chi connectivity index (χ1) is 7.31. The summed E-state index contributed by atoms with van der Waals surface area (Å²) in [6, 6.07) is 2.05. The van der Waals surface area contributed by atoms with Gasteiger partial charge in [0.05, 0.1) is 0 Å². The lowest BCUT2D eigenvalue weighted by Crippen LogP contribution is -2.12. The van der Waals surface area contributed by atoms with Crippen molar-refractivity contribution in [2.45, 2.75) is 30.5 Å². The first kappa shape index (κ1) is 10.7. The lowest BCUT2D eigenvalue weighted by atomic mass is 10.5. The molecule has 0 radical (unpaired) electrons. The Morgan fingerprint density at radius 3 is 3.07 bits per heavy atom. The minimum Gasteiger partial charge on any atom is -0.396 e. The van der Waals surface area contributed by atoms with E-state index < -0.39 is 0 Å². The quantitative estimate of drug-likeness (QED) is 0.463. The first-order valence-electron chi connectivity index (χ1n) is 5.14. The van der Waals surface area contributed by atoms with Gasteiger partial charge >= 0.3 is 0 Å². The number of hydrogen-bond acceptors (Lipinski definition) is 4. The zero-order chi connectivity index (χ0) is 10.7. The highest BCUT2D eigenvalue weighted by molar-refractivity contribution is 7.99. The molecule has 82 valence electrons. The van der Waals surface area contributed by atoms with E-state index in [1.807, 2.05) is 6.20 Å². The van der Waals surface area contributed by atoms with Gasteiger partial charge in [0.25, 0.3) is 5.56 Å². The van der Waals surface area contributed by atoms with Gasteiger partial charge in [-0.25, -0.2) is 0 Å². The molecule has 0 spiro atoms. The van der Waals surface area contributed by atoms with E-state index in [4.69, 9.17) is 5.11 Å². The van der Waals surface area contributed by atoms with Crippen molar-refractivity contribution in [1.82, 2.24) is 9.55 Å². The van der Waals surface area contributed by atoms with Crippen LogP contribution in [0.25, 0.3) is 0 Å². The highest BCUT2D eigenvalue weighted by Crippen LogP contribution is 2.36. The molecule has 1 heterocycles. The number of thioether (sulfide) groups is 1. The Morgan fingerprint density at radius 1 is 1.60 bits per heavy atom. The highest BCUT2D eigenvalue weighted by atomic mass is 32.2. The van der Waals surface area contributed by atoms with Crippen LogP contribution >= 0.6 is 11.8 Å². The molecule has 5 heteroatoms. The van der Waals surface area contributed by atoms with Crippen LogP contribution in [-0.2, 0) is 0 Å². The number of nitrogens with zero attached hydrogens (tertiary/aromatic N) is 2. The molecule has 0 bridgehead atoms. The molecule has 1 aromatic rings. The van der Waals surface area contributed by atoms with Crippen molar-refractivity contribution in [3.05, 3.63) is 22.6 Å². The number of aromatic nitrogens is 2. The average molecular weight is 226 g/mol. The van der Waals surface area contributed by atoms with E-state index in [1.54, 1.807) is 11.8 Å². The summed E-state index contributed by atoms with van der Waals surface area (Å²) in [5.74, 6) is 0.805. The third-order valence-corrected chi connectivity index (χ3v) is 3.33. The van der Waals surface area contributed by atoms with E-state index >= 15 is 0 Å². The van der Waals surface area contributed by atoms with E-state index in [0.29, 0.717) is 6.04 Å². The molecule has 0 atom stereocenters. The minimum atomic E-state index is -0.182. The lowest BCUT2D eigenvalue weighted by molar-refractivity contribution is 0.296. The van der Waals surface area contributed by atoms with Crippen molar-refractivity contribution in [2.24, 2.45) is 0 Å². The first-order valence-corrected chi connectivity index (χ1v) is 6.12. The molecule has 0 aromatic carbocycles. The van der Waals surface area contributed by atoms with Crippen LogP contribution in [0, 0.1) is 0 Å². The van der Waals surface area contributed by atoms with Crippen molar-refractivity contribution in [1.29, 1.82) is 0 Å². The summed E-state index contributed by atoms with van der Waals surface area (Å²) in [4.78, 5) is 15.1. The fourth-order valence-corrected chi connectivity index (χ4v) is 2.33. The Balaban J connectivity index is 2.11. The fourth-order valence-electron chi connectivity index (χ4n) is 1.36. The minimum absolute atomic E-state index is 0.182. The van der Waals surface area contributed by atoms with Crippen molar-refractivity contribution < 1.29 is 5.11 Å². The predicted molar refractivity (Wildman–Crippen MR) is 59.2 cm³/mol. The summed E-state index contributed by atoms with van der Waals surface area (Å²) in [6.45, 7) is 0.188. The van der Waals surface area contributed by atoms with Gasteiger partial charge in [-0.2, -0.15) is 4.98 Å². The van der Waals surface area contributed by atoms with Crippen molar-refractivity contribution in [3.8, 4) is 0 Å². The van der Waals surface area contributed by atoms with Crippen LogP contribution in [0.3, 0.4) is 0 Å². The Morgan fingerprint density at radius 2 is 2.40 bits per heavy atom. The normalized spacial score (nSPS) is 15.5. The maximum atomic E-state index is 11.1. The summed E-state index contributed by atoms with van der Waals surface area (Å²) < 4.78 is 2.07. The molecule has 0 amide bonds. The van der Waals surface area contributed by atoms with Gasteiger partial charge in [0.2, 0.25) is 0 Å². The van der Waals surface area contributed by atoms with E-state index in [-0.39, 0.29) is 12.2 Å². The molecule has 1 fully saturated rings. The smallest absolute Gasteiger partial charge is 0.273 e. The Labute approximate surface area is 92.3 Å². The molecular formula is C10H14N2O2S. The SMILES string of the molecule is O=c1ccn(C2CC2)c(SCCCO)n1. The van der Waals surface area contributed by atoms with Gasteiger partial charge in [-0.3, -0.25) is 4.79 Å². The predicted octanol–water partition coefficient (Wildman–Crippen LogP) is 1.05. The fraction of sp³-hybridized carbons (Fsp3) is 0.600. The average Bonchev–Trinajstić information content (AvgIpc) is 3.02. The molecule has 1 saturated carbocycles. The summed E-state index contributed by atoms with van der Waals surface area (Å²) in [5, 5.41) is 9.48. The van der Waals surface area contributed by atoms with Crippen LogP contribution in [0.5, 0.6) is 0 Å². The second kappa shape index (κ2) is 4.81. The van der Waals surface area contributed by atoms with E-state index in [9.17, 15) is 4.79 Å². The van der Waals surface area contributed by atoms with Crippen LogP contribution in [-0.4, -0.2) is 27.0 Å². The molecule has 1 N–H and O–H groups in total. The standard InChI is InChI=1S/C10H14N2O2S/c13-6-1-7-15-10-11-9(14)4-5-12(10)8-2-3-8/h4-5,8,13H,1-3,6-7H2. The third kappa shape index (κ3) is 2.82. The van der Waals surface area contributed by atoms with Crippen molar-refractivity contribution >= 4 is 11.8 Å². The monoisotopic (exact) mass is 226 g/mol. The summed E-state index contributed by atoms with van der Waals surface area (Å²) >= 11 is 1.55. The Bertz CT molecular complexity index is 387. The van der Waals surface area contributed by atoms with Crippen LogP contribution in [0.15, 0.2) is 22.2 Å². The molecule has 2 rings (SSSR count). The summed E-state index contributed by atoms with van der Waals surface area (Å²) in [7, 11) is 0. The van der Waals surface area contributed by atoms with Crippen LogP contribution in [0.2, 0.25) is 0 Å². The van der Waals surface area contributed by atoms with E-state index in [0.717, 1.165) is 17.3 Å². The lowest BCUT2D eigenvalue weighted by Gasteiger charge is -2.09. The molecular weight excluding hydrogens is 212 g/mol. The maximum Gasteiger partial charge on any atom is 0.273 e. The van der Waals surface area contributed by atoms with Crippen molar-refractivity contribution in [2.75, 3.05) is 12.4 Å². The summed E-state index contributed by atoms with van der Waals surface area (Å²) in [6.07, 6.45) is 4.92. The molecule has 0 saturated heterocycles. The topological polar surface area (TPSA) is 55.1 Å². The largest absolute Gasteiger partial charge is 0.396 e. The summed E-state index contributed by atoms with van der Waals surface area (Å²) in [5.41, 5.74) is -0.182. The van der Waals surface area contributed by atoms with Gasteiger partial charge < -0.3 is 9.67 Å². The number of rotatable bonds is 5. The second-order valence-corrected chi connectivity index (χ2v) is 4.67. The Hall–Kier alpha value is -0.810. The van der Waals surface area contributed by atoms with E-state index in [2.05, 4.69) is 9.55 Å². The molecule has 1 aliphatic rings. The molecule has 4 nitrogen and oxygen atoms in total. The van der Waals surface area contributed by atoms with E-state index in [1.165, 1.54) is 18.9 Å².